The second-order valence-corrected chi connectivity index (χ2v) is 11.3. The number of aliphatic carboxylic acids is 2. The highest BCUT2D eigenvalue weighted by Gasteiger charge is 2.59. The van der Waals surface area contributed by atoms with E-state index in [4.69, 9.17) is 14.9 Å². The quantitative estimate of drug-likeness (QED) is 0.300. The maximum absolute atomic E-state index is 12.2. The number of ether oxygens (including phenoxy) is 1. The molecule has 4 fully saturated rings. The van der Waals surface area contributed by atoms with Gasteiger partial charge in [0.1, 0.15) is 11.8 Å². The van der Waals surface area contributed by atoms with Gasteiger partial charge in [-0.1, -0.05) is 0 Å². The van der Waals surface area contributed by atoms with E-state index in [0.717, 1.165) is 37.4 Å². The Hall–Kier alpha value is -3.10. The summed E-state index contributed by atoms with van der Waals surface area (Å²) < 4.78 is 5.17. The second-order valence-electron chi connectivity index (χ2n) is 9.96. The van der Waals surface area contributed by atoms with E-state index in [1.165, 1.54) is 21.7 Å². The van der Waals surface area contributed by atoms with Gasteiger partial charge in [0.2, 0.25) is 11.8 Å². The number of β-lactam (4-membered cyclic amide) rings is 2. The molecule has 6 unspecified atom stereocenters. The zero-order valence-corrected chi connectivity index (χ0v) is 21.5. The number of carboxylic acids is 2. The number of aliphatic hydroxyl groups excluding tert-OH is 2. The Morgan fingerprint density at radius 3 is 2.53 bits per heavy atom. The van der Waals surface area contributed by atoms with Crippen molar-refractivity contribution in [2.45, 2.75) is 61.9 Å². The first-order valence-corrected chi connectivity index (χ1v) is 13.4. The van der Waals surface area contributed by atoms with Crippen molar-refractivity contribution in [3.8, 4) is 0 Å². The Morgan fingerprint density at radius 2 is 1.97 bits per heavy atom. The van der Waals surface area contributed by atoms with Crippen LogP contribution in [0.25, 0.3) is 0 Å². The fraction of sp³-hybridized carbons (Fsp3) is 0.625. The molecule has 6 aliphatic rings. The summed E-state index contributed by atoms with van der Waals surface area (Å²) >= 11 is 1.66. The van der Waals surface area contributed by atoms with Gasteiger partial charge < -0.3 is 35.0 Å². The van der Waals surface area contributed by atoms with E-state index in [0.29, 0.717) is 5.25 Å². The van der Waals surface area contributed by atoms with E-state index in [9.17, 15) is 29.4 Å². The lowest BCUT2D eigenvalue weighted by molar-refractivity contribution is -0.168. The molecule has 38 heavy (non-hydrogen) atoms. The minimum Gasteiger partial charge on any atom is -0.479 e. The van der Waals surface area contributed by atoms with Crippen molar-refractivity contribution >= 4 is 41.4 Å². The maximum Gasteiger partial charge on any atom is 0.334 e. The van der Waals surface area contributed by atoms with Gasteiger partial charge >= 0.3 is 11.9 Å². The van der Waals surface area contributed by atoms with Crippen molar-refractivity contribution in [2.24, 2.45) is 10.9 Å². The van der Waals surface area contributed by atoms with E-state index in [1.807, 2.05) is 0 Å². The van der Waals surface area contributed by atoms with Crippen LogP contribution in [0.2, 0.25) is 0 Å². The van der Waals surface area contributed by atoms with E-state index >= 15 is 0 Å². The molecule has 0 radical (unpaired) electrons. The molecule has 0 aromatic rings. The number of thioether (sulfide) groups is 1. The lowest BCUT2D eigenvalue weighted by Crippen LogP contribution is -2.65. The van der Waals surface area contributed by atoms with Crippen molar-refractivity contribution < 1.29 is 44.3 Å². The average molecular weight is 551 g/mol. The molecule has 0 aliphatic carbocycles. The Morgan fingerprint density at radius 1 is 1.24 bits per heavy atom. The molecule has 4 saturated heterocycles. The van der Waals surface area contributed by atoms with Gasteiger partial charge in [-0.3, -0.25) is 19.5 Å². The van der Waals surface area contributed by atoms with Gasteiger partial charge in [0.25, 0.3) is 0 Å². The maximum atomic E-state index is 12.2. The minimum absolute atomic E-state index is 0.149. The summed E-state index contributed by atoms with van der Waals surface area (Å²) in [5.74, 6) is -1.81. The molecular weight excluding hydrogens is 520 g/mol. The van der Waals surface area contributed by atoms with Crippen LogP contribution in [0, 0.1) is 5.92 Å². The van der Waals surface area contributed by atoms with Crippen LogP contribution in [-0.4, -0.2) is 127 Å². The predicted molar refractivity (Wildman–Crippen MR) is 133 cm³/mol. The van der Waals surface area contributed by atoms with E-state index in [-0.39, 0.29) is 36.6 Å². The van der Waals surface area contributed by atoms with Crippen LogP contribution in [0.4, 0.5) is 0 Å². The van der Waals surface area contributed by atoms with Gasteiger partial charge in [-0.2, -0.15) is 0 Å². The second kappa shape index (κ2) is 10.2. The number of fused-ring (bicyclic) bond motifs is 2. The monoisotopic (exact) mass is 550 g/mol. The molecule has 6 aliphatic heterocycles. The van der Waals surface area contributed by atoms with Gasteiger partial charge in [0.15, 0.2) is 12.3 Å². The molecule has 6 atom stereocenters. The van der Waals surface area contributed by atoms with Crippen molar-refractivity contribution in [1.82, 2.24) is 14.7 Å². The molecule has 4 N–H and O–H groups in total. The van der Waals surface area contributed by atoms with Crippen LogP contribution in [0.5, 0.6) is 0 Å². The Kier molecular flexibility index (Phi) is 7.13. The number of nitrogens with zero attached hydrogens (tertiary/aromatic N) is 4. The first-order chi connectivity index (χ1) is 18.1. The van der Waals surface area contributed by atoms with Crippen molar-refractivity contribution in [2.75, 3.05) is 26.2 Å². The Bertz CT molecular complexity index is 1130. The van der Waals surface area contributed by atoms with Gasteiger partial charge in [-0.15, -0.1) is 11.8 Å². The number of aliphatic hydroxyl groups is 2. The first-order valence-electron chi connectivity index (χ1n) is 12.5. The molecule has 0 aromatic carbocycles. The SMILES string of the molecule is CC(O)C1C(=O)N2C(C(=O)O)C=C(SC3CN(C4=NCCC4)C3)C12.O=C(O)C1C(=CCO)OC2CC(=O)N21. The number of hydrogen-bond acceptors (Lipinski definition) is 10. The summed E-state index contributed by atoms with van der Waals surface area (Å²) in [5, 5.41) is 37.1. The van der Waals surface area contributed by atoms with E-state index < -0.39 is 42.3 Å². The first kappa shape index (κ1) is 26.5. The van der Waals surface area contributed by atoms with Gasteiger partial charge in [-0.05, 0) is 25.5 Å². The highest BCUT2D eigenvalue weighted by atomic mass is 32.2. The highest BCUT2D eigenvalue weighted by Crippen LogP contribution is 2.47. The normalized spacial score (nSPS) is 33.2. The number of likely N-dealkylation sites (tertiary alicyclic amines) is 1. The lowest BCUT2D eigenvalue weighted by Gasteiger charge is -2.48. The number of aliphatic imine (C=N–C) groups is 1. The third-order valence-electron chi connectivity index (χ3n) is 7.53. The summed E-state index contributed by atoms with van der Waals surface area (Å²) in [6.45, 7) is 4.05. The van der Waals surface area contributed by atoms with Gasteiger partial charge in [-0.25, -0.2) is 9.59 Å². The molecule has 0 spiro atoms. The molecule has 13 nitrogen and oxygen atoms in total. The van der Waals surface area contributed by atoms with E-state index in [1.54, 1.807) is 24.8 Å². The fourth-order valence-corrected chi connectivity index (χ4v) is 7.12. The fourth-order valence-electron chi connectivity index (χ4n) is 5.62. The number of carbonyl (C=O) groups is 4. The van der Waals surface area contributed by atoms with Gasteiger partial charge in [0, 0.05) is 36.2 Å². The predicted octanol–water partition coefficient (Wildman–Crippen LogP) is -0.941. The number of amidine groups is 1. The van der Waals surface area contributed by atoms with E-state index in [2.05, 4.69) is 9.89 Å². The summed E-state index contributed by atoms with van der Waals surface area (Å²) in [6.07, 6.45) is 4.13. The summed E-state index contributed by atoms with van der Waals surface area (Å²) in [5.41, 5.74) is 0. The molecule has 0 bridgehead atoms. The van der Waals surface area contributed by atoms with Crippen LogP contribution >= 0.6 is 11.8 Å². The number of carboxylic acid groups (broad SMARTS) is 2. The lowest BCUT2D eigenvalue weighted by atomic mass is 9.84. The molecule has 6 rings (SSSR count). The number of hydrogen-bond donors (Lipinski definition) is 4. The average Bonchev–Trinajstić information content (AvgIpc) is 3.51. The van der Waals surface area contributed by atoms with Crippen molar-refractivity contribution in [3.05, 3.63) is 22.8 Å². The zero-order chi connectivity index (χ0) is 27.3. The summed E-state index contributed by atoms with van der Waals surface area (Å²) in [4.78, 5) is 55.8. The molecule has 0 aromatic heterocycles. The molecule has 0 saturated carbocycles. The third kappa shape index (κ3) is 4.43. The number of rotatable bonds is 6. The van der Waals surface area contributed by atoms with Gasteiger partial charge in [0.05, 0.1) is 36.9 Å². The van der Waals surface area contributed by atoms with Crippen LogP contribution in [-0.2, 0) is 23.9 Å². The number of carbonyl (C=O) groups excluding carboxylic acids is 2. The summed E-state index contributed by atoms with van der Waals surface area (Å²) in [6, 6.07) is -2.23. The molecule has 206 valence electrons. The highest BCUT2D eigenvalue weighted by molar-refractivity contribution is 8.03. The third-order valence-corrected chi connectivity index (χ3v) is 8.81. The Labute approximate surface area is 222 Å². The van der Waals surface area contributed by atoms with Crippen LogP contribution in [0.3, 0.4) is 0 Å². The van der Waals surface area contributed by atoms with Crippen LogP contribution in [0.1, 0.15) is 26.2 Å². The minimum atomic E-state index is -1.14. The molecule has 2 amide bonds. The van der Waals surface area contributed by atoms with Crippen molar-refractivity contribution in [1.29, 1.82) is 0 Å². The molecule has 6 heterocycles. The standard InChI is InChI=1S/C16H21N3O4S.C8H9NO5/c1-8(20)13-14-11(5-10(16(22)23)19(14)15(13)21)24-9-6-18(7-9)12-3-2-4-17-12;10-2-1-4-7(8(12)13)9-5(11)3-6(9)14-4/h5,8-10,13-14,20H,2-4,6-7H2,1H3,(H,22,23);1,6-7,10H,2-3H2,(H,12,13). The smallest absolute Gasteiger partial charge is 0.334 e. The molecular formula is C24H30N4O9S. The topological polar surface area (TPSA) is 181 Å². The Balaban J connectivity index is 0.000000179. The van der Waals surface area contributed by atoms with Crippen molar-refractivity contribution in [3.63, 3.8) is 0 Å². The summed E-state index contributed by atoms with van der Waals surface area (Å²) in [7, 11) is 0. The molecule has 14 heteroatoms. The van der Waals surface area contributed by atoms with Crippen LogP contribution < -0.4 is 0 Å². The number of amides is 2. The zero-order valence-electron chi connectivity index (χ0n) is 20.7. The largest absolute Gasteiger partial charge is 0.479 e. The van der Waals surface area contributed by atoms with Crippen LogP contribution in [0.15, 0.2) is 27.8 Å².